The summed E-state index contributed by atoms with van der Waals surface area (Å²) in [5.74, 6) is -0.267. The van der Waals surface area contributed by atoms with Crippen molar-refractivity contribution in [2.45, 2.75) is 16.4 Å². The van der Waals surface area contributed by atoms with Crippen LogP contribution in [0, 0.1) is 0 Å². The first-order chi connectivity index (χ1) is 14.6. The zero-order chi connectivity index (χ0) is 23.0. The van der Waals surface area contributed by atoms with Crippen LogP contribution >= 0.6 is 47.0 Å². The van der Waals surface area contributed by atoms with E-state index in [0.717, 1.165) is 5.56 Å². The zero-order valence-electron chi connectivity index (χ0n) is 16.6. The Hall–Kier alpha value is -2.26. The number of hydrogen-bond acceptors (Lipinski definition) is 5. The highest BCUT2D eigenvalue weighted by atomic mass is 35.6. The van der Waals surface area contributed by atoms with Gasteiger partial charge < -0.3 is 25.4 Å². The van der Waals surface area contributed by atoms with Gasteiger partial charge >= 0.3 is 5.97 Å². The Bertz CT molecular complexity index is 936. The topological polar surface area (TPSA) is 88.7 Å². The van der Waals surface area contributed by atoms with E-state index in [1.54, 1.807) is 55.6 Å². The van der Waals surface area contributed by atoms with Crippen molar-refractivity contribution in [2.75, 3.05) is 19.5 Å². The van der Waals surface area contributed by atoms with E-state index in [-0.39, 0.29) is 17.1 Å². The molecule has 0 aliphatic heterocycles. The first kappa shape index (κ1) is 25.0. The Kier molecular flexibility index (Phi) is 9.18. The van der Waals surface area contributed by atoms with Crippen molar-refractivity contribution < 1.29 is 19.1 Å². The van der Waals surface area contributed by atoms with Crippen molar-refractivity contribution in [3.05, 3.63) is 59.7 Å². The van der Waals surface area contributed by atoms with E-state index in [2.05, 4.69) is 16.0 Å². The fraction of sp³-hybridized carbons (Fsp3) is 0.250. The predicted molar refractivity (Wildman–Crippen MR) is 126 cm³/mol. The Morgan fingerprint density at radius 3 is 2.26 bits per heavy atom. The first-order valence-corrected chi connectivity index (χ1v) is 10.4. The molecule has 2 aromatic carbocycles. The maximum atomic E-state index is 12.5. The highest BCUT2D eigenvalue weighted by molar-refractivity contribution is 7.80. The van der Waals surface area contributed by atoms with Crippen molar-refractivity contribution >= 4 is 69.7 Å². The number of halogens is 3. The summed E-state index contributed by atoms with van der Waals surface area (Å²) in [6.07, 6.45) is -1.09. The van der Waals surface area contributed by atoms with Gasteiger partial charge in [0.25, 0.3) is 0 Å². The third-order valence-electron chi connectivity index (χ3n) is 4.01. The minimum absolute atomic E-state index is 0.0254. The van der Waals surface area contributed by atoms with Crippen LogP contribution in [0.5, 0.6) is 5.75 Å². The number of thiocarbonyl (C=S) groups is 1. The lowest BCUT2D eigenvalue weighted by molar-refractivity contribution is -0.121. The number of para-hydroxylation sites is 1. The van der Waals surface area contributed by atoms with Crippen LogP contribution in [0.4, 0.5) is 5.69 Å². The minimum atomic E-state index is -1.91. The number of carbonyl (C=O) groups is 2. The van der Waals surface area contributed by atoms with Gasteiger partial charge in [-0.25, -0.2) is 4.79 Å². The molecule has 0 bridgehead atoms. The van der Waals surface area contributed by atoms with E-state index in [0.29, 0.717) is 11.4 Å². The van der Waals surface area contributed by atoms with E-state index >= 15 is 0 Å². The quantitative estimate of drug-likeness (QED) is 0.229. The number of carbonyl (C=O) groups excluding carboxylic acids is 2. The van der Waals surface area contributed by atoms with Gasteiger partial charge in [0.05, 0.1) is 31.9 Å². The number of esters is 1. The molecule has 0 aliphatic carbocycles. The molecule has 11 heteroatoms. The number of rotatable bonds is 7. The lowest BCUT2D eigenvalue weighted by Crippen LogP contribution is -2.56. The van der Waals surface area contributed by atoms with Crippen LogP contribution in [0.25, 0.3) is 0 Å². The molecular formula is C20H20Cl3N3O4S. The second-order valence-electron chi connectivity index (χ2n) is 6.20. The maximum absolute atomic E-state index is 12.5. The summed E-state index contributed by atoms with van der Waals surface area (Å²) in [5, 5.41) is 8.22. The molecule has 166 valence electrons. The number of methoxy groups -OCH3 is 2. The number of hydrogen-bond donors (Lipinski definition) is 3. The molecule has 31 heavy (non-hydrogen) atoms. The molecule has 0 spiro atoms. The van der Waals surface area contributed by atoms with E-state index in [1.165, 1.54) is 7.11 Å². The molecule has 0 aliphatic rings. The third-order valence-corrected chi connectivity index (χ3v) is 4.89. The monoisotopic (exact) mass is 503 g/mol. The van der Waals surface area contributed by atoms with Crippen LogP contribution in [0.1, 0.15) is 15.9 Å². The highest BCUT2D eigenvalue weighted by Crippen LogP contribution is 2.29. The molecular weight excluding hydrogens is 485 g/mol. The van der Waals surface area contributed by atoms with Crippen molar-refractivity contribution in [1.82, 2.24) is 10.6 Å². The summed E-state index contributed by atoms with van der Waals surface area (Å²) in [4.78, 5) is 24.4. The fourth-order valence-electron chi connectivity index (χ4n) is 2.51. The van der Waals surface area contributed by atoms with Gasteiger partial charge in [0.2, 0.25) is 9.70 Å². The van der Waals surface area contributed by atoms with E-state index in [9.17, 15) is 9.59 Å². The molecule has 0 heterocycles. The normalized spacial score (nSPS) is 11.8. The number of ether oxygens (including phenoxy) is 2. The van der Waals surface area contributed by atoms with Gasteiger partial charge in [0.1, 0.15) is 11.9 Å². The van der Waals surface area contributed by atoms with E-state index in [1.807, 2.05) is 0 Å². The van der Waals surface area contributed by atoms with Gasteiger partial charge in [-0.15, -0.1) is 0 Å². The molecule has 1 amide bonds. The van der Waals surface area contributed by atoms with Crippen LogP contribution < -0.4 is 20.7 Å². The summed E-state index contributed by atoms with van der Waals surface area (Å²) in [6, 6.07) is 13.6. The number of alkyl halides is 3. The van der Waals surface area contributed by atoms with E-state index < -0.39 is 21.8 Å². The van der Waals surface area contributed by atoms with Crippen molar-refractivity contribution in [2.24, 2.45) is 0 Å². The van der Waals surface area contributed by atoms with Gasteiger partial charge in [-0.2, -0.15) is 0 Å². The smallest absolute Gasteiger partial charge is 0.339 e. The van der Waals surface area contributed by atoms with Crippen molar-refractivity contribution in [3.8, 4) is 5.75 Å². The van der Waals surface area contributed by atoms with Gasteiger partial charge in [-0.05, 0) is 42.0 Å². The third kappa shape index (κ3) is 7.74. The second kappa shape index (κ2) is 11.4. The lowest BCUT2D eigenvalue weighted by atomic mass is 10.1. The van der Waals surface area contributed by atoms with Gasteiger partial charge in [0, 0.05) is 0 Å². The average Bonchev–Trinajstić information content (AvgIpc) is 2.73. The van der Waals surface area contributed by atoms with Crippen LogP contribution in [-0.2, 0) is 16.0 Å². The maximum Gasteiger partial charge on any atom is 0.339 e. The molecule has 1 atom stereocenters. The Balaban J connectivity index is 2.05. The van der Waals surface area contributed by atoms with Gasteiger partial charge in [-0.3, -0.25) is 4.79 Å². The Morgan fingerprint density at radius 1 is 1.03 bits per heavy atom. The zero-order valence-corrected chi connectivity index (χ0v) is 19.7. The standard InChI is InChI=1S/C20H20Cl3N3O4S/c1-29-13-9-7-12(8-10-13)11-16(27)25-18(20(21,22)23)26-19(31)24-15-6-4-3-5-14(15)17(28)30-2/h3-10,18H,11H2,1-2H3,(H,25,27)(H2,24,26,31). The van der Waals surface area contributed by atoms with Crippen molar-refractivity contribution in [3.63, 3.8) is 0 Å². The molecule has 2 aromatic rings. The molecule has 0 radical (unpaired) electrons. The van der Waals surface area contributed by atoms with Crippen molar-refractivity contribution in [1.29, 1.82) is 0 Å². The summed E-state index contributed by atoms with van der Waals surface area (Å²) in [5.41, 5.74) is 1.40. The largest absolute Gasteiger partial charge is 0.497 e. The molecule has 7 nitrogen and oxygen atoms in total. The molecule has 0 saturated carbocycles. The molecule has 3 N–H and O–H groups in total. The first-order valence-electron chi connectivity index (χ1n) is 8.88. The highest BCUT2D eigenvalue weighted by Gasteiger charge is 2.34. The number of anilines is 1. The molecule has 0 saturated heterocycles. The summed E-state index contributed by atoms with van der Waals surface area (Å²) >= 11 is 23.3. The number of nitrogens with one attached hydrogen (secondary N) is 3. The predicted octanol–water partition coefficient (Wildman–Crippen LogP) is 3.82. The Morgan fingerprint density at radius 2 is 1.68 bits per heavy atom. The second-order valence-corrected chi connectivity index (χ2v) is 8.98. The van der Waals surface area contributed by atoms with Crippen LogP contribution in [0.15, 0.2) is 48.5 Å². The molecule has 0 aromatic heterocycles. The number of amides is 1. The summed E-state index contributed by atoms with van der Waals surface area (Å²) < 4.78 is 7.93. The summed E-state index contributed by atoms with van der Waals surface area (Å²) in [6.45, 7) is 0. The van der Waals surface area contributed by atoms with E-state index in [4.69, 9.17) is 56.5 Å². The van der Waals surface area contributed by atoms with Crippen LogP contribution in [-0.4, -0.2) is 41.2 Å². The lowest BCUT2D eigenvalue weighted by Gasteiger charge is -2.28. The summed E-state index contributed by atoms with van der Waals surface area (Å²) in [7, 11) is 2.83. The van der Waals surface area contributed by atoms with Gasteiger partial charge in [-0.1, -0.05) is 59.1 Å². The minimum Gasteiger partial charge on any atom is -0.497 e. The molecule has 0 fully saturated rings. The molecule has 2 rings (SSSR count). The SMILES string of the molecule is COC(=O)c1ccccc1NC(=S)NC(NC(=O)Cc1ccc(OC)cc1)C(Cl)(Cl)Cl. The fourth-order valence-corrected chi connectivity index (χ4v) is 3.07. The van der Waals surface area contributed by atoms with Crippen LogP contribution in [0.2, 0.25) is 0 Å². The van der Waals surface area contributed by atoms with Gasteiger partial charge in [0.15, 0.2) is 5.11 Å². The average molecular weight is 505 g/mol. The number of benzene rings is 2. The molecule has 1 unspecified atom stereocenters. The van der Waals surface area contributed by atoms with Crippen LogP contribution in [0.3, 0.4) is 0 Å². The Labute approximate surface area is 200 Å².